The summed E-state index contributed by atoms with van der Waals surface area (Å²) in [4.78, 5) is 8.44. The van der Waals surface area contributed by atoms with Crippen LogP contribution in [0.5, 0.6) is 0 Å². The topological polar surface area (TPSA) is 89.8 Å². The Morgan fingerprint density at radius 2 is 2.00 bits per heavy atom. The van der Waals surface area contributed by atoms with Gasteiger partial charge in [0.05, 0.1) is 11.4 Å². The van der Waals surface area contributed by atoms with Crippen molar-refractivity contribution in [3.63, 3.8) is 0 Å². The van der Waals surface area contributed by atoms with E-state index in [-0.39, 0.29) is 0 Å². The first-order chi connectivity index (χ1) is 11.5. The quantitative estimate of drug-likeness (QED) is 0.595. The van der Waals surface area contributed by atoms with Crippen molar-refractivity contribution in [3.05, 3.63) is 41.9 Å². The van der Waals surface area contributed by atoms with Gasteiger partial charge in [-0.2, -0.15) is 0 Å². The van der Waals surface area contributed by atoms with Crippen molar-refractivity contribution in [2.45, 2.75) is 19.5 Å². The van der Waals surface area contributed by atoms with Crippen molar-refractivity contribution >= 4 is 28.0 Å². The average Bonchev–Trinajstić information content (AvgIpc) is 2.55. The number of alkyl halides is 1. The number of anilines is 3. The zero-order valence-corrected chi connectivity index (χ0v) is 13.3. The second-order valence-electron chi connectivity index (χ2n) is 6.14. The molecular weight excluding hydrogens is 305 g/mol. The van der Waals surface area contributed by atoms with Crippen LogP contribution in [0.1, 0.15) is 23.8 Å². The SMILES string of the molecule is Cc1c(-c2cc(N)c3cnc(N)cc3c2)cnc2c1NCCC2F. The molecule has 0 fully saturated rings. The number of aromatic nitrogens is 2. The van der Waals surface area contributed by atoms with E-state index in [4.69, 9.17) is 11.5 Å². The van der Waals surface area contributed by atoms with E-state index in [1.54, 1.807) is 18.5 Å². The van der Waals surface area contributed by atoms with Gasteiger partial charge in [0, 0.05) is 42.0 Å². The fourth-order valence-corrected chi connectivity index (χ4v) is 3.29. The highest BCUT2D eigenvalue weighted by Crippen LogP contribution is 2.38. The lowest BCUT2D eigenvalue weighted by atomic mass is 9.95. The number of pyridine rings is 2. The van der Waals surface area contributed by atoms with Gasteiger partial charge >= 0.3 is 0 Å². The Kier molecular flexibility index (Phi) is 3.26. The Bertz CT molecular complexity index is 954. The molecule has 1 aliphatic rings. The van der Waals surface area contributed by atoms with Gasteiger partial charge in [0.2, 0.25) is 0 Å². The van der Waals surface area contributed by atoms with Crippen molar-refractivity contribution in [3.8, 4) is 11.1 Å². The summed E-state index contributed by atoms with van der Waals surface area (Å²) in [5.41, 5.74) is 16.7. The number of nitrogens with two attached hydrogens (primary N) is 2. The first-order valence-corrected chi connectivity index (χ1v) is 7.87. The van der Waals surface area contributed by atoms with Gasteiger partial charge in [-0.05, 0) is 41.6 Å². The van der Waals surface area contributed by atoms with Crippen LogP contribution in [0.2, 0.25) is 0 Å². The first kappa shape index (κ1) is 14.7. The number of benzene rings is 1. The third-order valence-corrected chi connectivity index (χ3v) is 4.57. The average molecular weight is 323 g/mol. The number of hydrogen-bond acceptors (Lipinski definition) is 5. The van der Waals surface area contributed by atoms with E-state index < -0.39 is 6.17 Å². The lowest BCUT2D eigenvalue weighted by Gasteiger charge is -2.24. The van der Waals surface area contributed by atoms with Gasteiger partial charge in [0.15, 0.2) is 0 Å². The van der Waals surface area contributed by atoms with Gasteiger partial charge in [-0.25, -0.2) is 9.37 Å². The van der Waals surface area contributed by atoms with Crippen molar-refractivity contribution in [1.29, 1.82) is 0 Å². The minimum Gasteiger partial charge on any atom is -0.398 e. The molecule has 0 saturated heterocycles. The highest BCUT2D eigenvalue weighted by Gasteiger charge is 2.24. The molecule has 0 amide bonds. The largest absolute Gasteiger partial charge is 0.398 e. The van der Waals surface area contributed by atoms with Gasteiger partial charge in [-0.15, -0.1) is 0 Å². The summed E-state index contributed by atoms with van der Waals surface area (Å²) in [6.07, 6.45) is 2.84. The van der Waals surface area contributed by atoms with Crippen molar-refractivity contribution in [2.24, 2.45) is 0 Å². The molecule has 24 heavy (non-hydrogen) atoms. The number of fused-ring (bicyclic) bond motifs is 2. The van der Waals surface area contributed by atoms with Crippen LogP contribution in [-0.2, 0) is 0 Å². The molecule has 0 spiro atoms. The molecule has 122 valence electrons. The summed E-state index contributed by atoms with van der Waals surface area (Å²) in [6, 6.07) is 5.70. The molecule has 3 aromatic rings. The maximum atomic E-state index is 14.1. The number of nitrogen functional groups attached to an aromatic ring is 2. The predicted molar refractivity (Wildman–Crippen MR) is 95.5 cm³/mol. The van der Waals surface area contributed by atoms with Crippen LogP contribution in [-0.4, -0.2) is 16.5 Å². The second-order valence-corrected chi connectivity index (χ2v) is 6.14. The van der Waals surface area contributed by atoms with Crippen LogP contribution in [0.3, 0.4) is 0 Å². The number of nitrogens with one attached hydrogen (secondary N) is 1. The van der Waals surface area contributed by atoms with Crippen LogP contribution >= 0.6 is 0 Å². The Morgan fingerprint density at radius 3 is 2.83 bits per heavy atom. The van der Waals surface area contributed by atoms with Crippen LogP contribution in [0, 0.1) is 6.92 Å². The van der Waals surface area contributed by atoms with Gasteiger partial charge in [0.1, 0.15) is 12.0 Å². The summed E-state index contributed by atoms with van der Waals surface area (Å²) in [7, 11) is 0. The van der Waals surface area contributed by atoms with Gasteiger partial charge in [0.25, 0.3) is 0 Å². The molecule has 5 N–H and O–H groups in total. The molecule has 6 heteroatoms. The fourth-order valence-electron chi connectivity index (χ4n) is 3.29. The van der Waals surface area contributed by atoms with Crippen LogP contribution in [0.4, 0.5) is 21.6 Å². The minimum absolute atomic E-state index is 0.446. The molecule has 0 radical (unpaired) electrons. The molecule has 0 aliphatic carbocycles. The second kappa shape index (κ2) is 5.33. The first-order valence-electron chi connectivity index (χ1n) is 7.87. The van der Waals surface area contributed by atoms with Crippen LogP contribution in [0.15, 0.2) is 30.6 Å². The fraction of sp³-hybridized carbons (Fsp3) is 0.222. The summed E-state index contributed by atoms with van der Waals surface area (Å²) in [5, 5.41) is 5.05. The summed E-state index contributed by atoms with van der Waals surface area (Å²) < 4.78 is 14.1. The molecular formula is C18H18FN5. The van der Waals surface area contributed by atoms with Crippen molar-refractivity contribution in [2.75, 3.05) is 23.3 Å². The molecule has 0 saturated carbocycles. The van der Waals surface area contributed by atoms with Crippen molar-refractivity contribution < 1.29 is 4.39 Å². The van der Waals surface area contributed by atoms with E-state index in [0.29, 0.717) is 30.2 Å². The highest BCUT2D eigenvalue weighted by atomic mass is 19.1. The molecule has 1 aromatic carbocycles. The highest BCUT2D eigenvalue weighted by molar-refractivity contribution is 5.97. The van der Waals surface area contributed by atoms with Crippen molar-refractivity contribution in [1.82, 2.24) is 9.97 Å². The van der Waals surface area contributed by atoms with E-state index in [1.165, 1.54) is 0 Å². The smallest absolute Gasteiger partial charge is 0.146 e. The maximum Gasteiger partial charge on any atom is 0.146 e. The lowest BCUT2D eigenvalue weighted by Crippen LogP contribution is -2.17. The third kappa shape index (κ3) is 2.22. The van der Waals surface area contributed by atoms with Crippen LogP contribution in [0.25, 0.3) is 21.9 Å². The van der Waals surface area contributed by atoms with Gasteiger partial charge < -0.3 is 16.8 Å². The molecule has 5 nitrogen and oxygen atoms in total. The molecule has 0 bridgehead atoms. The third-order valence-electron chi connectivity index (χ3n) is 4.57. The van der Waals surface area contributed by atoms with E-state index >= 15 is 0 Å². The number of halogens is 1. The normalized spacial score (nSPS) is 16.7. The molecule has 2 aromatic heterocycles. The molecule has 1 unspecified atom stereocenters. The molecule has 4 rings (SSSR count). The molecule has 1 atom stereocenters. The van der Waals surface area contributed by atoms with E-state index in [1.807, 2.05) is 19.1 Å². The Hall–Kier alpha value is -2.89. The standard InChI is InChI=1S/C18H18FN5/c1-9-12(7-24-18-14(19)2-3-22-17(9)18)10-4-11-6-16(21)23-8-13(11)15(20)5-10/h4-8,14,22H,2-3,20H2,1H3,(H2,21,23). The molecule has 3 heterocycles. The monoisotopic (exact) mass is 323 g/mol. The van der Waals surface area contributed by atoms with Crippen LogP contribution < -0.4 is 16.8 Å². The lowest BCUT2D eigenvalue weighted by molar-refractivity contribution is 0.317. The van der Waals surface area contributed by atoms with E-state index in [2.05, 4.69) is 15.3 Å². The maximum absolute atomic E-state index is 14.1. The summed E-state index contributed by atoms with van der Waals surface area (Å²) in [5.74, 6) is 0.446. The zero-order valence-electron chi connectivity index (χ0n) is 13.3. The number of rotatable bonds is 1. The number of hydrogen-bond donors (Lipinski definition) is 3. The van der Waals surface area contributed by atoms with E-state index in [9.17, 15) is 4.39 Å². The Morgan fingerprint density at radius 1 is 1.17 bits per heavy atom. The Balaban J connectivity index is 1.92. The van der Waals surface area contributed by atoms with E-state index in [0.717, 1.165) is 33.2 Å². The summed E-state index contributed by atoms with van der Waals surface area (Å²) >= 11 is 0. The minimum atomic E-state index is -1.01. The predicted octanol–water partition coefficient (Wildman–Crippen LogP) is 3.60. The van der Waals surface area contributed by atoms with Gasteiger partial charge in [-0.3, -0.25) is 4.98 Å². The summed E-state index contributed by atoms with van der Waals surface area (Å²) in [6.45, 7) is 2.59. The number of nitrogens with zero attached hydrogens (tertiary/aromatic N) is 2. The van der Waals surface area contributed by atoms with Gasteiger partial charge in [-0.1, -0.05) is 0 Å². The Labute approximate surface area is 138 Å². The molecule has 1 aliphatic heterocycles. The zero-order chi connectivity index (χ0) is 16.8.